The van der Waals surface area contributed by atoms with Crippen LogP contribution in [0.3, 0.4) is 0 Å². The van der Waals surface area contributed by atoms with Crippen LogP contribution in [0.1, 0.15) is 24.5 Å². The Morgan fingerprint density at radius 3 is 2.70 bits per heavy atom. The highest BCUT2D eigenvalue weighted by Crippen LogP contribution is 2.23. The Morgan fingerprint density at radius 1 is 1.17 bits per heavy atom. The lowest BCUT2D eigenvalue weighted by Crippen LogP contribution is -2.30. The van der Waals surface area contributed by atoms with Gasteiger partial charge in [-0.25, -0.2) is 9.97 Å². The summed E-state index contributed by atoms with van der Waals surface area (Å²) in [5.74, 6) is 0.769. The van der Waals surface area contributed by atoms with E-state index < -0.39 is 0 Å². The third kappa shape index (κ3) is 3.33. The average molecular weight is 310 g/mol. The average Bonchev–Trinajstić information content (AvgIpc) is 2.99. The summed E-state index contributed by atoms with van der Waals surface area (Å²) in [6.07, 6.45) is 6.78. The number of nitrogens with two attached hydrogens (primary N) is 2. The van der Waals surface area contributed by atoms with Gasteiger partial charge < -0.3 is 11.5 Å². The molecule has 23 heavy (non-hydrogen) atoms. The molecule has 1 unspecified atom stereocenters. The fourth-order valence-corrected chi connectivity index (χ4v) is 2.66. The molecule has 3 rings (SSSR count). The molecule has 1 aliphatic rings. The van der Waals surface area contributed by atoms with Crippen molar-refractivity contribution in [1.29, 1.82) is 0 Å². The minimum Gasteiger partial charge on any atom is -0.326 e. The third-order valence-corrected chi connectivity index (χ3v) is 4.07. The second-order valence-corrected chi connectivity index (χ2v) is 5.67. The third-order valence-electron chi connectivity index (χ3n) is 4.07. The van der Waals surface area contributed by atoms with Crippen molar-refractivity contribution in [1.82, 2.24) is 15.0 Å². The number of nitrogens with zero attached hydrogens (tertiary/aromatic N) is 3. The Hall–Kier alpha value is -2.44. The highest BCUT2D eigenvalue weighted by atomic mass is 15.5. The van der Waals surface area contributed by atoms with E-state index >= 15 is 0 Å². The number of hydrogen-bond acceptors (Lipinski definition) is 6. The number of hydrazine groups is 1. The van der Waals surface area contributed by atoms with Crippen LogP contribution in [-0.2, 0) is 13.1 Å². The number of nitrogens with one attached hydrogen (secondary N) is 1. The molecule has 1 aliphatic heterocycles. The smallest absolute Gasteiger partial charge is 0.148 e. The summed E-state index contributed by atoms with van der Waals surface area (Å²) in [6, 6.07) is 8.44. The van der Waals surface area contributed by atoms with Crippen LogP contribution in [0, 0.1) is 0 Å². The number of rotatable bonds is 5. The lowest BCUT2D eigenvalue weighted by atomic mass is 10.0. The van der Waals surface area contributed by atoms with Gasteiger partial charge >= 0.3 is 0 Å². The number of benzene rings is 1. The van der Waals surface area contributed by atoms with E-state index in [1.807, 2.05) is 30.5 Å². The van der Waals surface area contributed by atoms with Crippen molar-refractivity contribution < 1.29 is 0 Å². The molecule has 0 saturated heterocycles. The number of aromatic nitrogens is 2. The van der Waals surface area contributed by atoms with E-state index in [1.165, 1.54) is 0 Å². The van der Waals surface area contributed by atoms with Crippen molar-refractivity contribution in [2.75, 3.05) is 5.43 Å². The maximum absolute atomic E-state index is 5.81. The molecule has 2 heterocycles. The van der Waals surface area contributed by atoms with Gasteiger partial charge in [-0.1, -0.05) is 18.2 Å². The molecule has 5 N–H and O–H groups in total. The molecule has 0 bridgehead atoms. The molecule has 1 aromatic heterocycles. The van der Waals surface area contributed by atoms with Gasteiger partial charge in [-0.2, -0.15) is 0 Å². The molecule has 0 amide bonds. The van der Waals surface area contributed by atoms with Gasteiger partial charge in [-0.15, -0.1) is 0 Å². The van der Waals surface area contributed by atoms with Crippen molar-refractivity contribution in [3.05, 3.63) is 54.0 Å². The maximum atomic E-state index is 5.81. The minimum absolute atomic E-state index is 0.418. The van der Waals surface area contributed by atoms with Crippen LogP contribution >= 0.6 is 0 Å². The zero-order chi connectivity index (χ0) is 16.2. The van der Waals surface area contributed by atoms with Gasteiger partial charge in [0.1, 0.15) is 12.1 Å². The molecule has 1 aromatic carbocycles. The highest BCUT2D eigenvalue weighted by molar-refractivity contribution is 5.63. The van der Waals surface area contributed by atoms with Crippen LogP contribution in [0.5, 0.6) is 0 Å². The molecule has 0 fully saturated rings. The van der Waals surface area contributed by atoms with E-state index in [4.69, 9.17) is 11.5 Å². The molecular formula is C17H22N6. The van der Waals surface area contributed by atoms with Gasteiger partial charge in [-0.05, 0) is 30.5 Å². The first kappa shape index (κ1) is 15.5. The normalized spacial score (nSPS) is 16.8. The summed E-state index contributed by atoms with van der Waals surface area (Å²) in [5, 5.41) is 2.05. The van der Waals surface area contributed by atoms with Gasteiger partial charge in [0.2, 0.25) is 0 Å². The molecule has 1 atom stereocenters. The predicted molar refractivity (Wildman–Crippen MR) is 91.9 cm³/mol. The standard InChI is InChI=1S/C17H22N6/c1-12-3-2-6-23(12)22-17-8-16(20-11-21-17)13-4-5-14(9-18)15(7-13)10-19/h2,4-8,11-12H,3,9-10,18-19H2,1H3,(H,20,21,22). The Balaban J connectivity index is 1.86. The Bertz CT molecular complexity index is 712. The van der Waals surface area contributed by atoms with Crippen LogP contribution in [0.15, 0.2) is 42.9 Å². The van der Waals surface area contributed by atoms with E-state index in [0.717, 1.165) is 34.6 Å². The largest absolute Gasteiger partial charge is 0.326 e. The summed E-state index contributed by atoms with van der Waals surface area (Å²) in [4.78, 5) is 8.67. The fourth-order valence-electron chi connectivity index (χ4n) is 2.66. The summed E-state index contributed by atoms with van der Waals surface area (Å²) in [6.45, 7) is 3.11. The second-order valence-electron chi connectivity index (χ2n) is 5.67. The number of hydrogen-bond donors (Lipinski definition) is 3. The van der Waals surface area contributed by atoms with Crippen molar-refractivity contribution >= 4 is 5.82 Å². The lowest BCUT2D eigenvalue weighted by Gasteiger charge is -2.23. The minimum atomic E-state index is 0.418. The van der Waals surface area contributed by atoms with Crippen LogP contribution < -0.4 is 16.9 Å². The van der Waals surface area contributed by atoms with Crippen LogP contribution in [0.2, 0.25) is 0 Å². The molecular weight excluding hydrogens is 288 g/mol. The molecule has 6 heteroatoms. The van der Waals surface area contributed by atoms with E-state index in [1.54, 1.807) is 6.33 Å². The second kappa shape index (κ2) is 6.76. The van der Waals surface area contributed by atoms with Crippen molar-refractivity contribution in [3.8, 4) is 11.3 Å². The van der Waals surface area contributed by atoms with E-state index in [0.29, 0.717) is 19.1 Å². The first-order valence-corrected chi connectivity index (χ1v) is 7.77. The molecule has 0 aliphatic carbocycles. The quantitative estimate of drug-likeness (QED) is 0.782. The van der Waals surface area contributed by atoms with Gasteiger partial charge in [0.15, 0.2) is 0 Å². The highest BCUT2D eigenvalue weighted by Gasteiger charge is 2.14. The van der Waals surface area contributed by atoms with Gasteiger partial charge in [0, 0.05) is 30.9 Å². The monoisotopic (exact) mass is 310 g/mol. The van der Waals surface area contributed by atoms with Crippen molar-refractivity contribution in [2.24, 2.45) is 11.5 Å². The fraction of sp³-hybridized carbons (Fsp3) is 0.294. The zero-order valence-corrected chi connectivity index (χ0v) is 13.2. The molecule has 0 radical (unpaired) electrons. The van der Waals surface area contributed by atoms with Crippen LogP contribution in [0.25, 0.3) is 11.3 Å². The Labute approximate surface area is 136 Å². The van der Waals surface area contributed by atoms with Crippen LogP contribution in [0.4, 0.5) is 5.82 Å². The van der Waals surface area contributed by atoms with E-state index in [2.05, 4.69) is 33.4 Å². The van der Waals surface area contributed by atoms with E-state index in [-0.39, 0.29) is 0 Å². The molecule has 120 valence electrons. The first-order chi connectivity index (χ1) is 11.2. The SMILES string of the molecule is CC1CC=CN1Nc1cc(-c2ccc(CN)c(CN)c2)ncn1. The summed E-state index contributed by atoms with van der Waals surface area (Å²) in [7, 11) is 0. The van der Waals surface area contributed by atoms with Gasteiger partial charge in [0.25, 0.3) is 0 Å². The zero-order valence-electron chi connectivity index (χ0n) is 13.2. The molecule has 6 nitrogen and oxygen atoms in total. The van der Waals surface area contributed by atoms with Gasteiger partial charge in [0.05, 0.1) is 11.7 Å². The summed E-state index contributed by atoms with van der Waals surface area (Å²) < 4.78 is 0. The lowest BCUT2D eigenvalue weighted by molar-refractivity contribution is 0.375. The Kier molecular flexibility index (Phi) is 4.55. The Morgan fingerprint density at radius 2 is 2.00 bits per heavy atom. The van der Waals surface area contributed by atoms with E-state index in [9.17, 15) is 0 Å². The molecule has 0 spiro atoms. The molecule has 2 aromatic rings. The van der Waals surface area contributed by atoms with Crippen molar-refractivity contribution in [3.63, 3.8) is 0 Å². The topological polar surface area (TPSA) is 93.1 Å². The first-order valence-electron chi connectivity index (χ1n) is 7.77. The maximum Gasteiger partial charge on any atom is 0.148 e. The summed E-state index contributed by atoms with van der Waals surface area (Å²) in [5.41, 5.74) is 18.8. The van der Waals surface area contributed by atoms with Gasteiger partial charge in [-0.3, -0.25) is 10.4 Å². The predicted octanol–water partition coefficient (Wildman–Crippen LogP) is 2.00. The van der Waals surface area contributed by atoms with Crippen LogP contribution in [-0.4, -0.2) is 21.0 Å². The molecule has 0 saturated carbocycles. The van der Waals surface area contributed by atoms with Crippen molar-refractivity contribution in [2.45, 2.75) is 32.5 Å². The number of anilines is 1. The summed E-state index contributed by atoms with van der Waals surface area (Å²) >= 11 is 0.